The number of nitrogens with zero attached hydrogens (tertiary/aromatic N) is 1. The lowest BCUT2D eigenvalue weighted by Crippen LogP contribution is -2.31. The van der Waals surface area contributed by atoms with Crippen molar-refractivity contribution in [3.8, 4) is 0 Å². The Morgan fingerprint density at radius 3 is 2.73 bits per heavy atom. The summed E-state index contributed by atoms with van der Waals surface area (Å²) < 4.78 is 25.5. The summed E-state index contributed by atoms with van der Waals surface area (Å²) in [7, 11) is 0. The van der Waals surface area contributed by atoms with Gasteiger partial charge in [-0.15, -0.1) is 0 Å². The fourth-order valence-corrected chi connectivity index (χ4v) is 5.09. The number of fused-ring (bicyclic) bond motifs is 2. The zero-order chi connectivity index (χ0) is 22.8. The van der Waals surface area contributed by atoms with E-state index in [1.54, 1.807) is 36.4 Å². The van der Waals surface area contributed by atoms with Gasteiger partial charge in [0.1, 0.15) is 12.4 Å². The van der Waals surface area contributed by atoms with E-state index in [1.807, 2.05) is 24.3 Å². The molecule has 0 unspecified atom stereocenters. The number of hydrogen-bond donors (Lipinski definition) is 0. The number of carbonyl (C=O) groups is 2. The lowest BCUT2D eigenvalue weighted by atomic mass is 10.1. The molecule has 0 spiro atoms. The predicted octanol–water partition coefficient (Wildman–Crippen LogP) is 5.47. The minimum Gasteiger partial charge on any atom is -0.459 e. The number of anilines is 1. The number of benzene rings is 3. The SMILES string of the molecule is O=C(OC[C@H]1CCCO1)c1ccc2c(c1)N(Cc1ccccc1F)C(=O)c1ccccc1S2. The van der Waals surface area contributed by atoms with E-state index in [-0.39, 0.29) is 31.0 Å². The molecule has 1 saturated heterocycles. The van der Waals surface area contributed by atoms with Crippen molar-refractivity contribution < 1.29 is 23.5 Å². The van der Waals surface area contributed by atoms with Crippen LogP contribution in [0.3, 0.4) is 0 Å². The molecule has 0 radical (unpaired) electrons. The molecule has 2 aliphatic rings. The lowest BCUT2D eigenvalue weighted by Gasteiger charge is -2.24. The molecule has 1 atom stereocenters. The largest absolute Gasteiger partial charge is 0.459 e. The maximum Gasteiger partial charge on any atom is 0.338 e. The number of halogens is 1. The number of amides is 1. The van der Waals surface area contributed by atoms with Crippen LogP contribution in [0.15, 0.2) is 76.5 Å². The fourth-order valence-electron chi connectivity index (χ4n) is 4.03. The van der Waals surface area contributed by atoms with Gasteiger partial charge in [-0.3, -0.25) is 4.79 Å². The van der Waals surface area contributed by atoms with Crippen LogP contribution in [0.2, 0.25) is 0 Å². The van der Waals surface area contributed by atoms with E-state index >= 15 is 0 Å². The number of carbonyl (C=O) groups excluding carboxylic acids is 2. The Labute approximate surface area is 195 Å². The van der Waals surface area contributed by atoms with Crippen molar-refractivity contribution in [2.75, 3.05) is 18.1 Å². The van der Waals surface area contributed by atoms with E-state index in [0.29, 0.717) is 29.0 Å². The quantitative estimate of drug-likeness (QED) is 0.470. The molecule has 2 heterocycles. The first-order chi connectivity index (χ1) is 16.1. The maximum atomic E-state index is 14.5. The molecule has 1 amide bonds. The summed E-state index contributed by atoms with van der Waals surface area (Å²) in [5.74, 6) is -1.10. The zero-order valence-corrected chi connectivity index (χ0v) is 18.6. The van der Waals surface area contributed by atoms with Gasteiger partial charge in [-0.1, -0.05) is 42.1 Å². The van der Waals surface area contributed by atoms with E-state index < -0.39 is 5.97 Å². The molecule has 0 aliphatic carbocycles. The van der Waals surface area contributed by atoms with E-state index in [4.69, 9.17) is 9.47 Å². The van der Waals surface area contributed by atoms with E-state index in [0.717, 1.165) is 22.6 Å². The summed E-state index contributed by atoms with van der Waals surface area (Å²) in [6, 6.07) is 18.9. The maximum absolute atomic E-state index is 14.5. The monoisotopic (exact) mass is 463 g/mol. The van der Waals surface area contributed by atoms with Crippen LogP contribution in [-0.2, 0) is 16.0 Å². The van der Waals surface area contributed by atoms with Crippen LogP contribution in [0.1, 0.15) is 39.1 Å². The van der Waals surface area contributed by atoms with Crippen LogP contribution in [0.4, 0.5) is 10.1 Å². The Balaban J connectivity index is 1.50. The molecular weight excluding hydrogens is 441 g/mol. The molecule has 7 heteroatoms. The zero-order valence-electron chi connectivity index (χ0n) is 17.8. The second kappa shape index (κ2) is 9.37. The number of ether oxygens (including phenoxy) is 2. The highest BCUT2D eigenvalue weighted by Crippen LogP contribution is 2.42. The van der Waals surface area contributed by atoms with Crippen LogP contribution in [0, 0.1) is 5.82 Å². The van der Waals surface area contributed by atoms with Gasteiger partial charge in [0.15, 0.2) is 0 Å². The first kappa shape index (κ1) is 21.7. The Hall–Kier alpha value is -3.16. The van der Waals surface area contributed by atoms with Crippen molar-refractivity contribution in [2.24, 2.45) is 0 Å². The average molecular weight is 464 g/mol. The third-order valence-corrected chi connectivity index (χ3v) is 6.92. The van der Waals surface area contributed by atoms with Crippen LogP contribution in [0.5, 0.6) is 0 Å². The van der Waals surface area contributed by atoms with Gasteiger partial charge in [0.25, 0.3) is 5.91 Å². The van der Waals surface area contributed by atoms with Crippen molar-refractivity contribution in [3.05, 3.63) is 89.2 Å². The third-order valence-electron chi connectivity index (χ3n) is 5.78. The summed E-state index contributed by atoms with van der Waals surface area (Å²) in [6.45, 7) is 0.932. The molecule has 168 valence electrons. The van der Waals surface area contributed by atoms with Crippen molar-refractivity contribution in [2.45, 2.75) is 35.3 Å². The van der Waals surface area contributed by atoms with Gasteiger partial charge in [0.2, 0.25) is 0 Å². The van der Waals surface area contributed by atoms with Crippen LogP contribution in [-0.4, -0.2) is 31.2 Å². The Morgan fingerprint density at radius 2 is 1.91 bits per heavy atom. The highest BCUT2D eigenvalue weighted by Gasteiger charge is 2.29. The van der Waals surface area contributed by atoms with Gasteiger partial charge in [-0.25, -0.2) is 9.18 Å². The molecule has 0 saturated carbocycles. The van der Waals surface area contributed by atoms with E-state index in [2.05, 4.69) is 0 Å². The average Bonchev–Trinajstić information content (AvgIpc) is 3.32. The summed E-state index contributed by atoms with van der Waals surface area (Å²) in [5.41, 5.74) is 1.82. The third kappa shape index (κ3) is 4.51. The van der Waals surface area contributed by atoms with Crippen molar-refractivity contribution in [3.63, 3.8) is 0 Å². The molecule has 3 aromatic rings. The van der Waals surface area contributed by atoms with Crippen molar-refractivity contribution in [1.29, 1.82) is 0 Å². The fraction of sp³-hybridized carbons (Fsp3) is 0.231. The summed E-state index contributed by atoms with van der Waals surface area (Å²) in [5, 5.41) is 0. The molecule has 5 nitrogen and oxygen atoms in total. The molecule has 0 bridgehead atoms. The highest BCUT2D eigenvalue weighted by molar-refractivity contribution is 7.99. The number of hydrogen-bond acceptors (Lipinski definition) is 5. The van der Waals surface area contributed by atoms with Crippen LogP contribution in [0.25, 0.3) is 0 Å². The molecule has 2 aliphatic heterocycles. The Morgan fingerprint density at radius 1 is 1.09 bits per heavy atom. The number of rotatable bonds is 5. The molecular formula is C26H22FNO4S. The first-order valence-corrected chi connectivity index (χ1v) is 11.7. The minimum atomic E-state index is -0.474. The van der Waals surface area contributed by atoms with Gasteiger partial charge >= 0.3 is 5.97 Å². The standard InChI is InChI=1S/C26H22FNO4S/c27-21-9-3-1-6-18(21)15-28-22-14-17(26(30)32-16-19-7-5-13-31-19)11-12-24(22)33-23-10-4-2-8-20(23)25(28)29/h1-4,6,8-12,14,19H,5,7,13,15-16H2/t19-/m1/s1. The van der Waals surface area contributed by atoms with Gasteiger partial charge < -0.3 is 14.4 Å². The molecule has 0 aromatic heterocycles. The molecule has 5 rings (SSSR count). The molecule has 0 N–H and O–H groups in total. The summed E-state index contributed by atoms with van der Waals surface area (Å²) in [4.78, 5) is 29.4. The lowest BCUT2D eigenvalue weighted by molar-refractivity contribution is 0.0161. The van der Waals surface area contributed by atoms with Crippen molar-refractivity contribution in [1.82, 2.24) is 0 Å². The van der Waals surface area contributed by atoms with Crippen LogP contribution < -0.4 is 4.90 Å². The molecule has 3 aromatic carbocycles. The number of esters is 1. The van der Waals surface area contributed by atoms with Gasteiger partial charge in [0.05, 0.1) is 29.5 Å². The van der Waals surface area contributed by atoms with Gasteiger partial charge in [0, 0.05) is 22.0 Å². The minimum absolute atomic E-state index is 0.0435. The smallest absolute Gasteiger partial charge is 0.338 e. The second-order valence-electron chi connectivity index (χ2n) is 8.00. The van der Waals surface area contributed by atoms with E-state index in [9.17, 15) is 14.0 Å². The highest BCUT2D eigenvalue weighted by atomic mass is 32.2. The summed E-state index contributed by atoms with van der Waals surface area (Å²) in [6.07, 6.45) is 1.77. The summed E-state index contributed by atoms with van der Waals surface area (Å²) >= 11 is 1.45. The second-order valence-corrected chi connectivity index (χ2v) is 9.08. The molecule has 1 fully saturated rings. The van der Waals surface area contributed by atoms with Crippen LogP contribution >= 0.6 is 11.8 Å². The Bertz CT molecular complexity index is 1210. The van der Waals surface area contributed by atoms with Crippen molar-refractivity contribution >= 4 is 29.3 Å². The predicted molar refractivity (Wildman–Crippen MR) is 123 cm³/mol. The normalized spacial score (nSPS) is 17.3. The van der Waals surface area contributed by atoms with Gasteiger partial charge in [-0.05, 0) is 49.2 Å². The molecule has 33 heavy (non-hydrogen) atoms. The van der Waals surface area contributed by atoms with E-state index in [1.165, 1.54) is 22.7 Å². The topological polar surface area (TPSA) is 55.8 Å². The first-order valence-electron chi connectivity index (χ1n) is 10.8. The Kier molecular flexibility index (Phi) is 6.15. The van der Waals surface area contributed by atoms with Gasteiger partial charge in [-0.2, -0.15) is 0 Å².